The lowest BCUT2D eigenvalue weighted by Gasteiger charge is -2.20. The number of fused-ring (bicyclic) bond motifs is 1. The van der Waals surface area contributed by atoms with Crippen molar-refractivity contribution >= 4 is 17.3 Å². The van der Waals surface area contributed by atoms with E-state index in [4.69, 9.17) is 11.6 Å². The molecule has 2 aliphatic heterocycles. The minimum absolute atomic E-state index is 0.159. The molecule has 2 fully saturated rings. The van der Waals surface area contributed by atoms with Gasteiger partial charge in [-0.2, -0.15) is 5.10 Å². The molecule has 0 amide bonds. The van der Waals surface area contributed by atoms with Crippen LogP contribution in [0.4, 0.5) is 5.69 Å². The number of hydrogen-bond donors (Lipinski definition) is 1. The van der Waals surface area contributed by atoms with Crippen molar-refractivity contribution in [2.75, 3.05) is 31.1 Å². The van der Waals surface area contributed by atoms with E-state index in [1.54, 1.807) is 6.20 Å². The molecule has 1 aromatic heterocycles. The van der Waals surface area contributed by atoms with E-state index in [1.807, 2.05) is 0 Å². The summed E-state index contributed by atoms with van der Waals surface area (Å²) in [5.74, 6) is 1.35. The minimum Gasteiger partial charge on any atom is -0.368 e. The minimum atomic E-state index is -0.159. The van der Waals surface area contributed by atoms with Crippen LogP contribution >= 0.6 is 11.6 Å². The van der Waals surface area contributed by atoms with E-state index < -0.39 is 0 Å². The summed E-state index contributed by atoms with van der Waals surface area (Å²) < 4.78 is 1.48. The second-order valence-corrected chi connectivity index (χ2v) is 6.19. The van der Waals surface area contributed by atoms with Crippen LogP contribution in [0.1, 0.15) is 19.8 Å². The smallest absolute Gasteiger partial charge is 0.287 e. The van der Waals surface area contributed by atoms with Crippen molar-refractivity contribution < 1.29 is 0 Å². The normalized spacial score (nSPS) is 25.2. The number of nitrogens with zero attached hydrogens (tertiary/aromatic N) is 3. The summed E-state index contributed by atoms with van der Waals surface area (Å²) in [4.78, 5) is 14.4. The summed E-state index contributed by atoms with van der Waals surface area (Å²) in [6.45, 7) is 6.82. The van der Waals surface area contributed by atoms with Crippen LogP contribution in [0.15, 0.2) is 11.0 Å². The number of unbranched alkanes of at least 4 members (excludes halogenated alkanes) is 1. The number of hydrogen-bond acceptors (Lipinski definition) is 4. The average molecular weight is 297 g/mol. The highest BCUT2D eigenvalue weighted by molar-refractivity contribution is 6.33. The van der Waals surface area contributed by atoms with Gasteiger partial charge in [0.25, 0.3) is 5.56 Å². The number of anilines is 1. The van der Waals surface area contributed by atoms with Crippen LogP contribution in [-0.4, -0.2) is 36.0 Å². The maximum Gasteiger partial charge on any atom is 0.287 e. The van der Waals surface area contributed by atoms with Crippen LogP contribution in [0.3, 0.4) is 0 Å². The lowest BCUT2D eigenvalue weighted by Crippen LogP contribution is -2.30. The summed E-state index contributed by atoms with van der Waals surface area (Å²) >= 11 is 6.28. The number of aryl methyl sites for hydroxylation is 1. The largest absolute Gasteiger partial charge is 0.368 e. The van der Waals surface area contributed by atoms with Gasteiger partial charge in [0.2, 0.25) is 0 Å². The third-order valence-corrected chi connectivity index (χ3v) is 4.78. The van der Waals surface area contributed by atoms with Gasteiger partial charge in [0.15, 0.2) is 0 Å². The van der Waals surface area contributed by atoms with E-state index in [2.05, 4.69) is 22.2 Å². The van der Waals surface area contributed by atoms with Crippen molar-refractivity contribution in [3.8, 4) is 0 Å². The van der Waals surface area contributed by atoms with E-state index in [-0.39, 0.29) is 5.56 Å². The molecule has 0 saturated carbocycles. The maximum atomic E-state index is 12.2. The Morgan fingerprint density at radius 3 is 2.75 bits per heavy atom. The molecule has 0 bridgehead atoms. The van der Waals surface area contributed by atoms with Crippen LogP contribution in [0, 0.1) is 11.8 Å². The van der Waals surface area contributed by atoms with Gasteiger partial charge in [0.1, 0.15) is 5.02 Å². The Balaban J connectivity index is 1.81. The summed E-state index contributed by atoms with van der Waals surface area (Å²) in [5, 5.41) is 8.01. The van der Waals surface area contributed by atoms with Gasteiger partial charge < -0.3 is 10.2 Å². The molecular weight excluding hydrogens is 276 g/mol. The molecule has 0 spiro atoms. The molecule has 0 radical (unpaired) electrons. The molecule has 0 unspecified atom stereocenters. The van der Waals surface area contributed by atoms with Crippen LogP contribution < -0.4 is 15.8 Å². The number of nitrogens with one attached hydrogen (secondary N) is 1. The molecule has 1 N–H and O–H groups in total. The van der Waals surface area contributed by atoms with Gasteiger partial charge in [-0.05, 0) is 18.3 Å². The molecule has 6 heteroatoms. The first-order valence-corrected chi connectivity index (χ1v) is 7.79. The standard InChI is InChI=1S/C14H21ClN4O/c1-2-3-4-19-14(20)13(15)12(7-17-19)18-8-10-5-16-6-11(10)9-18/h7,10-11,16H,2-6,8-9H2,1H3/t10-,11+. The zero-order valence-electron chi connectivity index (χ0n) is 11.8. The Kier molecular flexibility index (Phi) is 3.98. The van der Waals surface area contributed by atoms with Gasteiger partial charge >= 0.3 is 0 Å². The summed E-state index contributed by atoms with van der Waals surface area (Å²) in [6, 6.07) is 0. The monoisotopic (exact) mass is 296 g/mol. The van der Waals surface area contributed by atoms with E-state index in [9.17, 15) is 4.79 Å². The van der Waals surface area contributed by atoms with Gasteiger partial charge in [-0.3, -0.25) is 4.79 Å². The van der Waals surface area contributed by atoms with Crippen molar-refractivity contribution in [1.82, 2.24) is 15.1 Å². The van der Waals surface area contributed by atoms with Crippen LogP contribution in [0.2, 0.25) is 5.02 Å². The Bertz CT molecular complexity index is 532. The molecule has 110 valence electrons. The average Bonchev–Trinajstić information content (AvgIpc) is 3.01. The molecule has 3 rings (SSSR count). The predicted molar refractivity (Wildman–Crippen MR) is 80.5 cm³/mol. The third-order valence-electron chi connectivity index (χ3n) is 4.42. The zero-order chi connectivity index (χ0) is 14.1. The molecule has 2 aliphatic rings. The topological polar surface area (TPSA) is 50.2 Å². The first-order chi connectivity index (χ1) is 9.70. The third kappa shape index (κ3) is 2.44. The van der Waals surface area contributed by atoms with Gasteiger partial charge in [0.05, 0.1) is 11.9 Å². The number of aromatic nitrogens is 2. The van der Waals surface area contributed by atoms with Gasteiger partial charge in [0, 0.05) is 32.7 Å². The number of rotatable bonds is 4. The maximum absolute atomic E-state index is 12.2. The first-order valence-electron chi connectivity index (χ1n) is 7.42. The van der Waals surface area contributed by atoms with Crippen molar-refractivity contribution in [3.05, 3.63) is 21.6 Å². The van der Waals surface area contributed by atoms with E-state index >= 15 is 0 Å². The first kappa shape index (κ1) is 13.9. The second kappa shape index (κ2) is 5.74. The summed E-state index contributed by atoms with van der Waals surface area (Å²) in [7, 11) is 0. The molecule has 0 aromatic carbocycles. The Morgan fingerprint density at radius 1 is 1.40 bits per heavy atom. The summed E-state index contributed by atoms with van der Waals surface area (Å²) in [6.07, 6.45) is 3.74. The predicted octanol–water partition coefficient (Wildman–Crippen LogP) is 1.35. The fourth-order valence-electron chi connectivity index (χ4n) is 3.20. The van der Waals surface area contributed by atoms with Crippen LogP contribution in [-0.2, 0) is 6.54 Å². The highest BCUT2D eigenvalue weighted by atomic mass is 35.5. The molecule has 1 aromatic rings. The fourth-order valence-corrected chi connectivity index (χ4v) is 3.46. The molecule has 20 heavy (non-hydrogen) atoms. The van der Waals surface area contributed by atoms with E-state index in [1.165, 1.54) is 4.68 Å². The fraction of sp³-hybridized carbons (Fsp3) is 0.714. The zero-order valence-corrected chi connectivity index (χ0v) is 12.6. The second-order valence-electron chi connectivity index (χ2n) is 5.81. The molecular formula is C14H21ClN4O. The molecule has 3 heterocycles. The lowest BCUT2D eigenvalue weighted by atomic mass is 10.0. The quantitative estimate of drug-likeness (QED) is 0.911. The van der Waals surface area contributed by atoms with Gasteiger partial charge in [-0.25, -0.2) is 4.68 Å². The SMILES string of the molecule is CCCCn1ncc(N2C[C@H]3CNC[C@H]3C2)c(Cl)c1=O. The van der Waals surface area contributed by atoms with Crippen molar-refractivity contribution in [1.29, 1.82) is 0 Å². The van der Waals surface area contributed by atoms with Crippen molar-refractivity contribution in [2.45, 2.75) is 26.3 Å². The van der Waals surface area contributed by atoms with Gasteiger partial charge in [-0.1, -0.05) is 24.9 Å². The van der Waals surface area contributed by atoms with E-state index in [0.29, 0.717) is 23.4 Å². The van der Waals surface area contributed by atoms with Gasteiger partial charge in [-0.15, -0.1) is 0 Å². The Morgan fingerprint density at radius 2 is 2.10 bits per heavy atom. The molecule has 2 saturated heterocycles. The molecule has 2 atom stereocenters. The highest BCUT2D eigenvalue weighted by Crippen LogP contribution is 2.32. The lowest BCUT2D eigenvalue weighted by molar-refractivity contribution is 0.533. The summed E-state index contributed by atoms with van der Waals surface area (Å²) in [5.41, 5.74) is 0.645. The van der Waals surface area contributed by atoms with Crippen molar-refractivity contribution in [3.63, 3.8) is 0 Å². The number of halogens is 1. The Hall–Kier alpha value is -1.07. The van der Waals surface area contributed by atoms with Crippen LogP contribution in [0.5, 0.6) is 0 Å². The highest BCUT2D eigenvalue weighted by Gasteiger charge is 2.37. The van der Waals surface area contributed by atoms with E-state index in [0.717, 1.165) is 44.7 Å². The molecule has 0 aliphatic carbocycles. The Labute approximate surface area is 123 Å². The van der Waals surface area contributed by atoms with Crippen LogP contribution in [0.25, 0.3) is 0 Å². The molecule has 5 nitrogen and oxygen atoms in total. The van der Waals surface area contributed by atoms with Crippen molar-refractivity contribution in [2.24, 2.45) is 11.8 Å².